The van der Waals surface area contributed by atoms with Gasteiger partial charge in [-0.05, 0) is 37.1 Å². The lowest BCUT2D eigenvalue weighted by atomic mass is 9.96. The number of carbonyl (C=O) groups is 2. The van der Waals surface area contributed by atoms with Crippen LogP contribution in [0.25, 0.3) is 0 Å². The summed E-state index contributed by atoms with van der Waals surface area (Å²) in [7, 11) is 1.60. The van der Waals surface area contributed by atoms with Crippen molar-refractivity contribution in [2.45, 2.75) is 12.8 Å². The van der Waals surface area contributed by atoms with E-state index in [1.807, 2.05) is 0 Å². The van der Waals surface area contributed by atoms with Crippen LogP contribution in [0.1, 0.15) is 23.2 Å². The molecule has 0 saturated carbocycles. The first-order valence-corrected chi connectivity index (χ1v) is 6.38. The molecule has 1 aromatic rings. The highest BCUT2D eigenvalue weighted by Crippen LogP contribution is 2.19. The first kappa shape index (κ1) is 13.5. The van der Waals surface area contributed by atoms with Crippen LogP contribution in [-0.2, 0) is 4.79 Å². The highest BCUT2D eigenvalue weighted by atomic mass is 19.1. The number of amides is 2. The van der Waals surface area contributed by atoms with Gasteiger partial charge in [0.2, 0.25) is 5.91 Å². The molecule has 5 heteroatoms. The second kappa shape index (κ2) is 5.82. The molecule has 102 valence electrons. The predicted molar refractivity (Wildman–Crippen MR) is 69.1 cm³/mol. The molecule has 0 unspecified atom stereocenters. The monoisotopic (exact) mass is 264 g/mol. The van der Waals surface area contributed by atoms with Crippen LogP contribution in [0.5, 0.6) is 0 Å². The van der Waals surface area contributed by atoms with Gasteiger partial charge in [0, 0.05) is 25.7 Å². The molecule has 1 saturated heterocycles. The second-order valence-electron chi connectivity index (χ2n) is 4.71. The first-order valence-electron chi connectivity index (χ1n) is 6.38. The molecule has 0 aliphatic carbocycles. The predicted octanol–water partition coefficient (Wildman–Crippen LogP) is 1.42. The van der Waals surface area contributed by atoms with Crippen molar-refractivity contribution in [3.8, 4) is 0 Å². The van der Waals surface area contributed by atoms with Gasteiger partial charge in [-0.3, -0.25) is 9.59 Å². The summed E-state index contributed by atoms with van der Waals surface area (Å²) in [5, 5.41) is 2.61. The van der Waals surface area contributed by atoms with Crippen LogP contribution in [0.4, 0.5) is 4.39 Å². The Balaban J connectivity index is 2.06. The molecule has 1 fully saturated rings. The Morgan fingerprint density at radius 2 is 2.00 bits per heavy atom. The fourth-order valence-corrected chi connectivity index (χ4v) is 2.35. The van der Waals surface area contributed by atoms with Gasteiger partial charge < -0.3 is 10.2 Å². The number of carbonyl (C=O) groups excluding carboxylic acids is 2. The zero-order valence-electron chi connectivity index (χ0n) is 10.9. The Morgan fingerprint density at radius 1 is 1.32 bits per heavy atom. The molecule has 0 spiro atoms. The van der Waals surface area contributed by atoms with Crippen molar-refractivity contribution < 1.29 is 14.0 Å². The molecule has 2 amide bonds. The van der Waals surface area contributed by atoms with Gasteiger partial charge in [-0.25, -0.2) is 4.39 Å². The molecule has 1 aliphatic rings. The van der Waals surface area contributed by atoms with E-state index in [4.69, 9.17) is 0 Å². The van der Waals surface area contributed by atoms with Gasteiger partial charge in [0.15, 0.2) is 0 Å². The number of rotatable bonds is 2. The van der Waals surface area contributed by atoms with Crippen LogP contribution >= 0.6 is 0 Å². The molecule has 1 heterocycles. The Labute approximate surface area is 111 Å². The highest BCUT2D eigenvalue weighted by molar-refractivity contribution is 5.94. The minimum atomic E-state index is -0.363. The fourth-order valence-electron chi connectivity index (χ4n) is 2.35. The lowest BCUT2D eigenvalue weighted by Crippen LogP contribution is -2.44. The topological polar surface area (TPSA) is 49.4 Å². The molecule has 1 aliphatic heterocycles. The molecule has 1 atom stereocenters. The van der Waals surface area contributed by atoms with Crippen molar-refractivity contribution >= 4 is 11.8 Å². The van der Waals surface area contributed by atoms with Crippen molar-refractivity contribution in [3.05, 3.63) is 35.6 Å². The van der Waals surface area contributed by atoms with Gasteiger partial charge in [-0.2, -0.15) is 0 Å². The van der Waals surface area contributed by atoms with Crippen LogP contribution in [0.2, 0.25) is 0 Å². The average molecular weight is 264 g/mol. The van der Waals surface area contributed by atoms with E-state index in [9.17, 15) is 14.0 Å². The van der Waals surface area contributed by atoms with E-state index in [2.05, 4.69) is 5.32 Å². The Kier molecular flexibility index (Phi) is 4.14. The summed E-state index contributed by atoms with van der Waals surface area (Å²) < 4.78 is 12.8. The van der Waals surface area contributed by atoms with Crippen molar-refractivity contribution in [2.75, 3.05) is 20.1 Å². The Bertz CT molecular complexity index is 473. The van der Waals surface area contributed by atoms with E-state index in [0.717, 1.165) is 12.8 Å². The summed E-state index contributed by atoms with van der Waals surface area (Å²) in [5.41, 5.74) is 0.457. The highest BCUT2D eigenvalue weighted by Gasteiger charge is 2.28. The fraction of sp³-hybridized carbons (Fsp3) is 0.429. The summed E-state index contributed by atoms with van der Waals surface area (Å²) >= 11 is 0. The Hall–Kier alpha value is -1.91. The largest absolute Gasteiger partial charge is 0.359 e. The molecule has 1 N–H and O–H groups in total. The zero-order chi connectivity index (χ0) is 13.8. The smallest absolute Gasteiger partial charge is 0.253 e. The van der Waals surface area contributed by atoms with Crippen LogP contribution in [0.3, 0.4) is 0 Å². The molecule has 4 nitrogen and oxygen atoms in total. The van der Waals surface area contributed by atoms with Crippen LogP contribution < -0.4 is 5.32 Å². The lowest BCUT2D eigenvalue weighted by molar-refractivity contribution is -0.125. The van der Waals surface area contributed by atoms with E-state index in [0.29, 0.717) is 18.7 Å². The van der Waals surface area contributed by atoms with Crippen LogP contribution in [-0.4, -0.2) is 36.9 Å². The van der Waals surface area contributed by atoms with Crippen LogP contribution in [0, 0.1) is 11.7 Å². The van der Waals surface area contributed by atoms with Crippen LogP contribution in [0.15, 0.2) is 24.3 Å². The van der Waals surface area contributed by atoms with E-state index in [1.165, 1.54) is 24.3 Å². The third kappa shape index (κ3) is 3.10. The lowest BCUT2D eigenvalue weighted by Gasteiger charge is -2.31. The standard InChI is InChI=1S/C14H17FN2O2/c1-16-13(18)11-3-2-8-17(9-11)14(19)10-4-6-12(15)7-5-10/h4-7,11H,2-3,8-9H2,1H3,(H,16,18)/t11-/m0/s1. The molecule has 0 bridgehead atoms. The summed E-state index contributed by atoms with van der Waals surface area (Å²) in [5.74, 6) is -0.688. The third-order valence-electron chi connectivity index (χ3n) is 3.42. The molecule has 0 aromatic heterocycles. The van der Waals surface area contributed by atoms with Crippen molar-refractivity contribution in [1.82, 2.24) is 10.2 Å². The average Bonchev–Trinajstić information content (AvgIpc) is 2.46. The molecule has 0 radical (unpaired) electrons. The number of piperidine rings is 1. The van der Waals surface area contributed by atoms with Gasteiger partial charge in [0.1, 0.15) is 5.82 Å². The van der Waals surface area contributed by atoms with Gasteiger partial charge in [-0.1, -0.05) is 0 Å². The van der Waals surface area contributed by atoms with Crippen molar-refractivity contribution in [2.24, 2.45) is 5.92 Å². The third-order valence-corrected chi connectivity index (χ3v) is 3.42. The Morgan fingerprint density at radius 3 is 2.63 bits per heavy atom. The SMILES string of the molecule is CNC(=O)[C@H]1CCCN(C(=O)c2ccc(F)cc2)C1. The number of likely N-dealkylation sites (tertiary alicyclic amines) is 1. The van der Waals surface area contributed by atoms with Crippen molar-refractivity contribution in [3.63, 3.8) is 0 Å². The zero-order valence-corrected chi connectivity index (χ0v) is 10.9. The van der Waals surface area contributed by atoms with E-state index in [-0.39, 0.29) is 23.5 Å². The molecular weight excluding hydrogens is 247 g/mol. The van der Waals surface area contributed by atoms with Gasteiger partial charge in [-0.15, -0.1) is 0 Å². The van der Waals surface area contributed by atoms with E-state index >= 15 is 0 Å². The number of nitrogens with one attached hydrogen (secondary N) is 1. The summed E-state index contributed by atoms with van der Waals surface area (Å²) in [6.45, 7) is 1.07. The van der Waals surface area contributed by atoms with Gasteiger partial charge in [0.05, 0.1) is 5.92 Å². The number of hydrogen-bond donors (Lipinski definition) is 1. The van der Waals surface area contributed by atoms with E-state index < -0.39 is 0 Å². The van der Waals surface area contributed by atoms with E-state index in [1.54, 1.807) is 11.9 Å². The number of nitrogens with zero attached hydrogens (tertiary/aromatic N) is 1. The summed E-state index contributed by atoms with van der Waals surface area (Å²) in [6, 6.07) is 5.49. The maximum Gasteiger partial charge on any atom is 0.253 e. The van der Waals surface area contributed by atoms with Crippen molar-refractivity contribution in [1.29, 1.82) is 0 Å². The maximum atomic E-state index is 12.8. The minimum absolute atomic E-state index is 0.0309. The second-order valence-corrected chi connectivity index (χ2v) is 4.71. The molecule has 2 rings (SSSR count). The minimum Gasteiger partial charge on any atom is -0.359 e. The summed E-state index contributed by atoms with van der Waals surface area (Å²) in [4.78, 5) is 25.5. The molecular formula is C14H17FN2O2. The maximum absolute atomic E-state index is 12.8. The first-order chi connectivity index (χ1) is 9.11. The van der Waals surface area contributed by atoms with Gasteiger partial charge >= 0.3 is 0 Å². The molecule has 19 heavy (non-hydrogen) atoms. The molecule has 1 aromatic carbocycles. The number of hydrogen-bond acceptors (Lipinski definition) is 2. The summed E-state index contributed by atoms with van der Waals surface area (Å²) in [6.07, 6.45) is 1.61. The number of benzene rings is 1. The van der Waals surface area contributed by atoms with Gasteiger partial charge in [0.25, 0.3) is 5.91 Å². The number of halogens is 1. The quantitative estimate of drug-likeness (QED) is 0.878. The normalized spacial score (nSPS) is 19.1.